The summed E-state index contributed by atoms with van der Waals surface area (Å²) in [5, 5.41) is 2.55. The van der Waals surface area contributed by atoms with Gasteiger partial charge in [-0.15, -0.1) is 0 Å². The van der Waals surface area contributed by atoms with Crippen molar-refractivity contribution >= 4 is 11.8 Å². The molecule has 1 N–H and O–H groups in total. The van der Waals surface area contributed by atoms with Gasteiger partial charge in [0, 0.05) is 38.2 Å². The van der Waals surface area contributed by atoms with Crippen LogP contribution in [0, 0.1) is 11.6 Å². The van der Waals surface area contributed by atoms with Crippen molar-refractivity contribution < 1.29 is 22.8 Å². The zero-order chi connectivity index (χ0) is 16.8. The smallest absolute Gasteiger partial charge is 0.286 e. The largest absolute Gasteiger partial charge is 0.459 e. The predicted octanol–water partition coefficient (Wildman–Crippen LogP) is 2.34. The van der Waals surface area contributed by atoms with Crippen molar-refractivity contribution in [2.75, 3.05) is 13.6 Å². The Hall–Kier alpha value is -2.70. The van der Waals surface area contributed by atoms with Crippen molar-refractivity contribution in [2.24, 2.45) is 0 Å². The number of amides is 2. The van der Waals surface area contributed by atoms with Crippen molar-refractivity contribution in [3.05, 3.63) is 59.6 Å². The number of carbonyl (C=O) groups is 2. The highest BCUT2D eigenvalue weighted by atomic mass is 19.1. The minimum absolute atomic E-state index is 0.0249. The molecule has 0 saturated heterocycles. The van der Waals surface area contributed by atoms with Crippen LogP contribution in [0.25, 0.3) is 0 Å². The van der Waals surface area contributed by atoms with Crippen LogP contribution in [0.4, 0.5) is 8.78 Å². The van der Waals surface area contributed by atoms with Gasteiger partial charge < -0.3 is 14.6 Å². The van der Waals surface area contributed by atoms with E-state index in [0.717, 1.165) is 12.1 Å². The summed E-state index contributed by atoms with van der Waals surface area (Å²) in [4.78, 5) is 24.9. The molecule has 0 aliphatic heterocycles. The molecular weight excluding hydrogens is 306 g/mol. The van der Waals surface area contributed by atoms with Crippen LogP contribution in [0.3, 0.4) is 0 Å². The molecule has 0 unspecified atom stereocenters. The predicted molar refractivity (Wildman–Crippen MR) is 78.5 cm³/mol. The topological polar surface area (TPSA) is 62.6 Å². The van der Waals surface area contributed by atoms with Crippen molar-refractivity contribution in [3.8, 4) is 0 Å². The lowest BCUT2D eigenvalue weighted by molar-refractivity contribution is -0.130. The fraction of sp³-hybridized carbons (Fsp3) is 0.250. The average molecular weight is 322 g/mol. The molecule has 1 aromatic heterocycles. The first kappa shape index (κ1) is 16.7. The Kier molecular flexibility index (Phi) is 5.46. The molecule has 23 heavy (non-hydrogen) atoms. The van der Waals surface area contributed by atoms with Crippen LogP contribution < -0.4 is 5.32 Å². The summed E-state index contributed by atoms with van der Waals surface area (Å²) in [6.45, 7) is 0.158. The van der Waals surface area contributed by atoms with Crippen LogP contribution in [0.15, 0.2) is 41.0 Å². The molecule has 2 aromatic rings. The standard InChI is InChI=1S/C16H16F2N2O3/c1-20(10-11-4-5-12(17)9-13(11)18)15(21)6-7-19-16(22)14-3-2-8-23-14/h2-5,8-9H,6-7,10H2,1H3,(H,19,22). The van der Waals surface area contributed by atoms with E-state index in [1.807, 2.05) is 0 Å². The average Bonchev–Trinajstić information content (AvgIpc) is 3.04. The highest BCUT2D eigenvalue weighted by Crippen LogP contribution is 2.12. The first-order valence-corrected chi connectivity index (χ1v) is 6.97. The van der Waals surface area contributed by atoms with Crippen LogP contribution in [-0.2, 0) is 11.3 Å². The minimum atomic E-state index is -0.698. The van der Waals surface area contributed by atoms with Gasteiger partial charge in [0.2, 0.25) is 5.91 Å². The van der Waals surface area contributed by atoms with Crippen LogP contribution in [-0.4, -0.2) is 30.3 Å². The van der Waals surface area contributed by atoms with E-state index in [2.05, 4.69) is 5.32 Å². The van der Waals surface area contributed by atoms with Crippen molar-refractivity contribution in [3.63, 3.8) is 0 Å². The van der Waals surface area contributed by atoms with E-state index < -0.39 is 17.5 Å². The van der Waals surface area contributed by atoms with Crippen LogP contribution in [0.5, 0.6) is 0 Å². The third-order valence-electron chi connectivity index (χ3n) is 3.22. The van der Waals surface area contributed by atoms with E-state index >= 15 is 0 Å². The molecule has 5 nitrogen and oxygen atoms in total. The maximum atomic E-state index is 13.5. The van der Waals surface area contributed by atoms with E-state index in [9.17, 15) is 18.4 Å². The molecule has 2 amide bonds. The number of rotatable bonds is 6. The molecule has 0 aliphatic rings. The molecule has 0 radical (unpaired) electrons. The van der Waals surface area contributed by atoms with E-state index in [4.69, 9.17) is 4.42 Å². The second-order valence-electron chi connectivity index (χ2n) is 4.97. The number of halogens is 2. The van der Waals surface area contributed by atoms with Gasteiger partial charge in [-0.2, -0.15) is 0 Å². The number of carbonyl (C=O) groups excluding carboxylic acids is 2. The summed E-state index contributed by atoms with van der Waals surface area (Å²) in [5.41, 5.74) is 0.224. The van der Waals surface area contributed by atoms with E-state index in [0.29, 0.717) is 0 Å². The van der Waals surface area contributed by atoms with Gasteiger partial charge in [0.15, 0.2) is 5.76 Å². The summed E-state index contributed by atoms with van der Waals surface area (Å²) >= 11 is 0. The van der Waals surface area contributed by atoms with Gasteiger partial charge in [-0.05, 0) is 18.2 Å². The van der Waals surface area contributed by atoms with Gasteiger partial charge in [-0.25, -0.2) is 8.78 Å². The summed E-state index contributed by atoms with van der Waals surface area (Å²) < 4.78 is 31.3. The zero-order valence-electron chi connectivity index (χ0n) is 12.5. The van der Waals surface area contributed by atoms with Gasteiger partial charge in [-0.1, -0.05) is 6.07 Å². The summed E-state index contributed by atoms with van der Waals surface area (Å²) in [7, 11) is 1.51. The normalized spacial score (nSPS) is 10.4. The van der Waals surface area contributed by atoms with Crippen LogP contribution in [0.2, 0.25) is 0 Å². The van der Waals surface area contributed by atoms with Gasteiger partial charge in [-0.3, -0.25) is 9.59 Å². The highest BCUT2D eigenvalue weighted by Gasteiger charge is 2.13. The van der Waals surface area contributed by atoms with Crippen molar-refractivity contribution in [2.45, 2.75) is 13.0 Å². The third kappa shape index (κ3) is 4.64. The monoisotopic (exact) mass is 322 g/mol. The molecule has 7 heteroatoms. The zero-order valence-corrected chi connectivity index (χ0v) is 12.5. The number of benzene rings is 1. The molecular formula is C16H16F2N2O3. The number of nitrogens with zero attached hydrogens (tertiary/aromatic N) is 1. The van der Waals surface area contributed by atoms with E-state index in [1.54, 1.807) is 6.07 Å². The summed E-state index contributed by atoms with van der Waals surface area (Å²) in [6, 6.07) is 6.32. The molecule has 1 heterocycles. The molecule has 0 bridgehead atoms. The summed E-state index contributed by atoms with van der Waals surface area (Å²) in [5.74, 6) is -1.88. The Morgan fingerprint density at radius 2 is 2.04 bits per heavy atom. The molecule has 0 aliphatic carbocycles. The molecule has 0 fully saturated rings. The van der Waals surface area contributed by atoms with Crippen LogP contribution >= 0.6 is 0 Å². The van der Waals surface area contributed by atoms with Gasteiger partial charge in [0.05, 0.1) is 6.26 Å². The molecule has 0 saturated carbocycles. The van der Waals surface area contributed by atoms with Crippen molar-refractivity contribution in [1.82, 2.24) is 10.2 Å². The lowest BCUT2D eigenvalue weighted by Crippen LogP contribution is -2.32. The maximum Gasteiger partial charge on any atom is 0.286 e. The second-order valence-corrected chi connectivity index (χ2v) is 4.97. The molecule has 0 spiro atoms. The second kappa shape index (κ2) is 7.53. The Labute approximate surface area is 131 Å². The third-order valence-corrected chi connectivity index (χ3v) is 3.22. The number of hydrogen-bond acceptors (Lipinski definition) is 3. The minimum Gasteiger partial charge on any atom is -0.459 e. The quantitative estimate of drug-likeness (QED) is 0.888. The molecule has 122 valence electrons. The number of furan rings is 1. The van der Waals surface area contributed by atoms with Crippen molar-refractivity contribution in [1.29, 1.82) is 0 Å². The lowest BCUT2D eigenvalue weighted by Gasteiger charge is -2.17. The molecule has 0 atom stereocenters. The van der Waals surface area contributed by atoms with Crippen LogP contribution in [0.1, 0.15) is 22.5 Å². The van der Waals surface area contributed by atoms with E-state index in [-0.39, 0.29) is 36.7 Å². The fourth-order valence-corrected chi connectivity index (χ4v) is 1.96. The first-order valence-electron chi connectivity index (χ1n) is 6.97. The fourth-order valence-electron chi connectivity index (χ4n) is 1.96. The number of hydrogen-bond donors (Lipinski definition) is 1. The lowest BCUT2D eigenvalue weighted by atomic mass is 10.2. The Morgan fingerprint density at radius 3 is 2.70 bits per heavy atom. The SMILES string of the molecule is CN(Cc1ccc(F)cc1F)C(=O)CCNC(=O)c1ccco1. The first-order chi connectivity index (χ1) is 11.0. The number of nitrogens with one attached hydrogen (secondary N) is 1. The Bertz CT molecular complexity index is 687. The van der Waals surface area contributed by atoms with Gasteiger partial charge in [0.25, 0.3) is 5.91 Å². The van der Waals surface area contributed by atoms with Gasteiger partial charge in [0.1, 0.15) is 11.6 Å². The Balaban J connectivity index is 1.79. The highest BCUT2D eigenvalue weighted by molar-refractivity contribution is 5.91. The molecule has 1 aromatic carbocycles. The Morgan fingerprint density at radius 1 is 1.26 bits per heavy atom. The van der Waals surface area contributed by atoms with E-state index in [1.165, 1.54) is 30.3 Å². The molecule has 2 rings (SSSR count). The summed E-state index contributed by atoms with van der Waals surface area (Å²) in [6.07, 6.45) is 1.44. The maximum absolute atomic E-state index is 13.5. The van der Waals surface area contributed by atoms with Gasteiger partial charge >= 0.3 is 0 Å².